The average molecular weight is 959 g/mol. The van der Waals surface area contributed by atoms with Crippen molar-refractivity contribution in [2.75, 3.05) is 0 Å². The van der Waals surface area contributed by atoms with Gasteiger partial charge in [0.05, 0.1) is 22.1 Å². The molecule has 4 heterocycles. The summed E-state index contributed by atoms with van der Waals surface area (Å²) in [4.78, 5) is 15.2. The first kappa shape index (κ1) is 42.5. The van der Waals surface area contributed by atoms with Gasteiger partial charge < -0.3 is 13.4 Å². The first-order chi connectivity index (χ1) is 37.2. The quantitative estimate of drug-likeness (QED) is 0.152. The molecule has 0 saturated carbocycles. The third-order valence-corrected chi connectivity index (χ3v) is 14.7. The molecule has 0 fully saturated rings. The molecule has 350 valence electrons. The predicted molar refractivity (Wildman–Crippen MR) is 307 cm³/mol. The van der Waals surface area contributed by atoms with Crippen molar-refractivity contribution in [3.63, 3.8) is 0 Å². The maximum atomic E-state index is 6.68. The number of benzene rings is 11. The van der Waals surface area contributed by atoms with Crippen molar-refractivity contribution in [1.82, 2.24) is 19.5 Å². The summed E-state index contributed by atoms with van der Waals surface area (Å²) in [5, 5.41) is 6.60. The number of nitrogens with zero attached hydrogens (tertiary/aromatic N) is 4. The van der Waals surface area contributed by atoms with Gasteiger partial charge in [0.15, 0.2) is 17.5 Å². The predicted octanol–water partition coefficient (Wildman–Crippen LogP) is 18.4. The Morgan fingerprint density at radius 3 is 1.40 bits per heavy atom. The molecule has 0 spiro atoms. The van der Waals surface area contributed by atoms with Crippen molar-refractivity contribution < 1.29 is 8.83 Å². The van der Waals surface area contributed by atoms with Crippen molar-refractivity contribution in [2.24, 2.45) is 0 Å². The van der Waals surface area contributed by atoms with Gasteiger partial charge >= 0.3 is 0 Å². The van der Waals surface area contributed by atoms with E-state index in [-0.39, 0.29) is 0 Å². The zero-order valence-corrected chi connectivity index (χ0v) is 40.4. The summed E-state index contributed by atoms with van der Waals surface area (Å²) in [5.41, 5.74) is 18.1. The largest absolute Gasteiger partial charge is 0.456 e. The third kappa shape index (κ3) is 7.07. The molecule has 6 nitrogen and oxygen atoms in total. The second-order valence-electron chi connectivity index (χ2n) is 19.0. The Labute approximate surface area is 431 Å². The minimum atomic E-state index is 0.596. The molecule has 0 unspecified atom stereocenters. The van der Waals surface area contributed by atoms with Crippen LogP contribution in [0.15, 0.2) is 264 Å². The zero-order chi connectivity index (χ0) is 49.4. The lowest BCUT2D eigenvalue weighted by Gasteiger charge is -2.18. The second kappa shape index (κ2) is 17.3. The maximum absolute atomic E-state index is 6.68. The number of furan rings is 2. The van der Waals surface area contributed by atoms with Gasteiger partial charge in [-0.25, -0.2) is 15.0 Å². The zero-order valence-electron chi connectivity index (χ0n) is 40.4. The molecule has 4 aromatic heterocycles. The molecular weight excluding hydrogens is 917 g/mol. The van der Waals surface area contributed by atoms with Gasteiger partial charge in [-0.3, -0.25) is 0 Å². The van der Waals surface area contributed by atoms with Gasteiger partial charge in [-0.05, 0) is 94.0 Å². The Balaban J connectivity index is 0.957. The summed E-state index contributed by atoms with van der Waals surface area (Å²) in [5.74, 6) is 1.83. The highest BCUT2D eigenvalue weighted by atomic mass is 16.3. The number of hydrogen-bond donors (Lipinski definition) is 0. The van der Waals surface area contributed by atoms with Gasteiger partial charge in [0.1, 0.15) is 22.3 Å². The number of fused-ring (bicyclic) bond motifs is 9. The number of para-hydroxylation sites is 3. The molecule has 0 aliphatic carbocycles. The van der Waals surface area contributed by atoms with E-state index in [0.29, 0.717) is 17.5 Å². The smallest absolute Gasteiger partial charge is 0.164 e. The molecule has 0 saturated heterocycles. The van der Waals surface area contributed by atoms with Crippen molar-refractivity contribution in [1.29, 1.82) is 0 Å². The summed E-state index contributed by atoms with van der Waals surface area (Å²) in [6, 6.07) is 89.5. The summed E-state index contributed by atoms with van der Waals surface area (Å²) in [6.07, 6.45) is 0. The summed E-state index contributed by atoms with van der Waals surface area (Å²) in [6.45, 7) is 0. The molecule has 6 heteroatoms. The van der Waals surface area contributed by atoms with Gasteiger partial charge in [0, 0.05) is 54.7 Å². The standard InChI is InChI=1S/C69H42N4O2/c1-4-18-43(19-5-1)46-34-37-58-56(42-46)53-28-10-13-31-57(53)73(58)66-52(36-39-62-65(66)55-30-12-15-33-60(55)75-62)48-25-16-26-49(40-48)63-51(35-38-61-64(63)54-29-11-14-32-59(54)74-61)47-24-17-27-50(41-47)69-71-67(44-20-6-2-7-21-44)70-68(72-69)45-22-8-3-9-23-45/h1-42H. The normalized spacial score (nSPS) is 11.7. The van der Waals surface area contributed by atoms with Crippen LogP contribution >= 0.6 is 0 Å². The van der Waals surface area contributed by atoms with E-state index >= 15 is 0 Å². The summed E-state index contributed by atoms with van der Waals surface area (Å²) >= 11 is 0. The molecule has 0 atom stereocenters. The molecular formula is C69H42N4O2. The SMILES string of the molecule is c1ccc(-c2ccc3c(c2)c2ccccc2n3-c2c(-c3cccc(-c4c(-c5cccc(-c6nc(-c7ccccc7)nc(-c7ccccc7)n6)c5)ccc5oc6ccccc6c45)c3)ccc3oc4ccccc4c23)cc1. The Kier molecular flexibility index (Phi) is 9.78. The lowest BCUT2D eigenvalue weighted by atomic mass is 9.88. The number of rotatable bonds is 8. The molecule has 0 aliphatic heterocycles. The summed E-state index contributed by atoms with van der Waals surface area (Å²) in [7, 11) is 0. The van der Waals surface area contributed by atoms with Gasteiger partial charge in [-0.1, -0.05) is 194 Å². The van der Waals surface area contributed by atoms with Gasteiger partial charge in [-0.2, -0.15) is 0 Å². The number of aromatic nitrogens is 4. The Hall–Kier alpha value is -10.2. The van der Waals surface area contributed by atoms with E-state index in [0.717, 1.165) is 111 Å². The van der Waals surface area contributed by atoms with Crippen LogP contribution < -0.4 is 0 Å². The van der Waals surface area contributed by atoms with Gasteiger partial charge in [-0.15, -0.1) is 0 Å². The van der Waals surface area contributed by atoms with Crippen LogP contribution in [0.5, 0.6) is 0 Å². The highest BCUT2D eigenvalue weighted by molar-refractivity contribution is 6.19. The fourth-order valence-electron chi connectivity index (χ4n) is 11.3. The van der Waals surface area contributed by atoms with Crippen LogP contribution in [0.3, 0.4) is 0 Å². The van der Waals surface area contributed by atoms with Gasteiger partial charge in [0.2, 0.25) is 0 Å². The van der Waals surface area contributed by atoms with E-state index in [9.17, 15) is 0 Å². The van der Waals surface area contributed by atoms with E-state index in [4.69, 9.17) is 23.8 Å². The van der Waals surface area contributed by atoms with E-state index in [1.165, 1.54) is 21.9 Å². The van der Waals surface area contributed by atoms with Crippen LogP contribution in [0.1, 0.15) is 0 Å². The minimum Gasteiger partial charge on any atom is -0.456 e. The summed E-state index contributed by atoms with van der Waals surface area (Å²) < 4.78 is 15.8. The molecule has 0 N–H and O–H groups in total. The highest BCUT2D eigenvalue weighted by Crippen LogP contribution is 2.47. The van der Waals surface area contributed by atoms with E-state index < -0.39 is 0 Å². The first-order valence-electron chi connectivity index (χ1n) is 25.2. The molecule has 11 aromatic carbocycles. The van der Waals surface area contributed by atoms with Crippen LogP contribution in [-0.2, 0) is 0 Å². The molecule has 0 bridgehead atoms. The monoisotopic (exact) mass is 958 g/mol. The molecule has 0 amide bonds. The second-order valence-corrected chi connectivity index (χ2v) is 19.0. The fraction of sp³-hybridized carbons (Fsp3) is 0. The fourth-order valence-corrected chi connectivity index (χ4v) is 11.3. The molecule has 15 rings (SSSR count). The molecule has 0 radical (unpaired) electrons. The third-order valence-electron chi connectivity index (χ3n) is 14.7. The van der Waals surface area contributed by atoms with Crippen LogP contribution in [0.2, 0.25) is 0 Å². The van der Waals surface area contributed by atoms with Crippen LogP contribution in [0.4, 0.5) is 0 Å². The minimum absolute atomic E-state index is 0.596. The maximum Gasteiger partial charge on any atom is 0.164 e. The van der Waals surface area contributed by atoms with Crippen molar-refractivity contribution in [2.45, 2.75) is 0 Å². The molecule has 75 heavy (non-hydrogen) atoms. The van der Waals surface area contributed by atoms with E-state index in [1.807, 2.05) is 72.8 Å². The lowest BCUT2D eigenvalue weighted by molar-refractivity contribution is 0.668. The Morgan fingerprint density at radius 1 is 0.267 bits per heavy atom. The van der Waals surface area contributed by atoms with E-state index in [2.05, 4.69) is 187 Å². The van der Waals surface area contributed by atoms with Crippen molar-refractivity contribution >= 4 is 65.7 Å². The topological polar surface area (TPSA) is 69.9 Å². The highest BCUT2D eigenvalue weighted by Gasteiger charge is 2.24. The molecule has 15 aromatic rings. The Bertz CT molecular complexity index is 4650. The number of hydrogen-bond acceptors (Lipinski definition) is 5. The van der Waals surface area contributed by atoms with Crippen LogP contribution in [0, 0.1) is 0 Å². The average Bonchev–Trinajstić information content (AvgIpc) is 4.26. The van der Waals surface area contributed by atoms with Gasteiger partial charge in [0.25, 0.3) is 0 Å². The van der Waals surface area contributed by atoms with Crippen molar-refractivity contribution in [3.8, 4) is 84.4 Å². The van der Waals surface area contributed by atoms with Crippen LogP contribution in [0.25, 0.3) is 150 Å². The lowest BCUT2D eigenvalue weighted by Crippen LogP contribution is -2.00. The Morgan fingerprint density at radius 2 is 0.733 bits per heavy atom. The van der Waals surface area contributed by atoms with Crippen molar-refractivity contribution in [3.05, 3.63) is 255 Å². The molecule has 0 aliphatic rings. The first-order valence-corrected chi connectivity index (χ1v) is 25.2. The van der Waals surface area contributed by atoms with Crippen LogP contribution in [-0.4, -0.2) is 19.5 Å². The van der Waals surface area contributed by atoms with E-state index in [1.54, 1.807) is 0 Å².